The summed E-state index contributed by atoms with van der Waals surface area (Å²) in [5.41, 5.74) is 5.17. The molecule has 2 amide bonds. The molecule has 0 aromatic heterocycles. The molecule has 1 atom stereocenters. The van der Waals surface area contributed by atoms with E-state index in [1.165, 1.54) is 0 Å². The van der Waals surface area contributed by atoms with Gasteiger partial charge in [0, 0.05) is 13.6 Å². The van der Waals surface area contributed by atoms with Gasteiger partial charge in [0.2, 0.25) is 11.8 Å². The number of hydrogen-bond donors (Lipinski definition) is 2. The smallest absolute Gasteiger partial charge is 0.245 e. The van der Waals surface area contributed by atoms with Crippen molar-refractivity contribution in [3.05, 3.63) is 0 Å². The summed E-state index contributed by atoms with van der Waals surface area (Å²) < 4.78 is 0. The average Bonchev–Trinajstić information content (AvgIpc) is 2.22. The number of hydrogen-bond acceptors (Lipinski definition) is 3. The van der Waals surface area contributed by atoms with E-state index >= 15 is 0 Å². The molecule has 0 aromatic rings. The van der Waals surface area contributed by atoms with Crippen molar-refractivity contribution in [2.24, 2.45) is 5.73 Å². The summed E-state index contributed by atoms with van der Waals surface area (Å²) in [5.74, 6) is -0.101. The molecule has 2 rings (SSSR count). The summed E-state index contributed by atoms with van der Waals surface area (Å²) in [6.07, 6.45) is 4.17. The van der Waals surface area contributed by atoms with Crippen LogP contribution in [0.4, 0.5) is 0 Å². The zero-order valence-corrected chi connectivity index (χ0v) is 9.66. The van der Waals surface area contributed by atoms with E-state index in [4.69, 9.17) is 5.73 Å². The number of nitrogens with two attached hydrogens (primary N) is 1. The first-order chi connectivity index (χ1) is 7.62. The van der Waals surface area contributed by atoms with Gasteiger partial charge in [0.15, 0.2) is 0 Å². The highest BCUT2D eigenvalue weighted by Gasteiger charge is 2.51. The van der Waals surface area contributed by atoms with E-state index < -0.39 is 11.6 Å². The fourth-order valence-corrected chi connectivity index (χ4v) is 2.69. The van der Waals surface area contributed by atoms with Gasteiger partial charge in [0.25, 0.3) is 0 Å². The van der Waals surface area contributed by atoms with Gasteiger partial charge in [-0.05, 0) is 32.1 Å². The Morgan fingerprint density at radius 3 is 2.69 bits per heavy atom. The molecular formula is C11H19N3O2. The molecule has 1 aliphatic carbocycles. The third kappa shape index (κ3) is 1.50. The number of likely N-dealkylation sites (N-methyl/N-ethyl adjacent to an activating group) is 1. The fourth-order valence-electron chi connectivity index (χ4n) is 2.69. The number of carbonyl (C=O) groups is 2. The summed E-state index contributed by atoms with van der Waals surface area (Å²) in [5, 5.41) is 2.67. The quantitative estimate of drug-likeness (QED) is 0.671. The highest BCUT2D eigenvalue weighted by atomic mass is 16.2. The van der Waals surface area contributed by atoms with Crippen LogP contribution in [0.15, 0.2) is 0 Å². The largest absolute Gasteiger partial charge is 0.357 e. The van der Waals surface area contributed by atoms with Crippen molar-refractivity contribution in [1.82, 2.24) is 10.2 Å². The Morgan fingerprint density at radius 1 is 1.50 bits per heavy atom. The summed E-state index contributed by atoms with van der Waals surface area (Å²) in [7, 11) is 1.62. The lowest BCUT2D eigenvalue weighted by Gasteiger charge is -2.50. The molecule has 1 saturated heterocycles. The third-order valence-corrected chi connectivity index (χ3v) is 3.83. The lowest BCUT2D eigenvalue weighted by molar-refractivity contribution is -0.157. The van der Waals surface area contributed by atoms with Crippen molar-refractivity contribution in [3.63, 3.8) is 0 Å². The number of amides is 2. The predicted molar refractivity (Wildman–Crippen MR) is 59.6 cm³/mol. The normalized spacial score (nSPS) is 28.5. The van der Waals surface area contributed by atoms with E-state index in [0.717, 1.165) is 32.1 Å². The summed E-state index contributed by atoms with van der Waals surface area (Å²) >= 11 is 0. The fraction of sp³-hybridized carbons (Fsp3) is 0.818. The minimum Gasteiger partial charge on any atom is -0.357 e. The van der Waals surface area contributed by atoms with E-state index in [-0.39, 0.29) is 11.8 Å². The first-order valence-corrected chi connectivity index (χ1v) is 5.91. The molecule has 3 N–H and O–H groups in total. The Morgan fingerprint density at radius 2 is 2.19 bits per heavy atom. The lowest BCUT2D eigenvalue weighted by Crippen LogP contribution is -2.67. The van der Waals surface area contributed by atoms with E-state index in [2.05, 4.69) is 5.32 Å². The Hall–Kier alpha value is -1.10. The van der Waals surface area contributed by atoms with Gasteiger partial charge >= 0.3 is 0 Å². The minimum atomic E-state index is -0.593. The monoisotopic (exact) mass is 225 g/mol. The number of rotatable bonds is 2. The van der Waals surface area contributed by atoms with Gasteiger partial charge in [0.05, 0.1) is 6.04 Å². The molecule has 90 valence electrons. The van der Waals surface area contributed by atoms with E-state index in [1.54, 1.807) is 11.9 Å². The van der Waals surface area contributed by atoms with Crippen molar-refractivity contribution in [3.8, 4) is 0 Å². The van der Waals surface area contributed by atoms with Gasteiger partial charge in [-0.2, -0.15) is 0 Å². The van der Waals surface area contributed by atoms with Gasteiger partial charge in [0.1, 0.15) is 5.54 Å². The van der Waals surface area contributed by atoms with Crippen molar-refractivity contribution in [2.75, 3.05) is 13.6 Å². The SMILES string of the molecule is CNC(=O)C1(N2CCCC(N)C2=O)CCC1. The van der Waals surface area contributed by atoms with Crippen molar-refractivity contribution >= 4 is 11.8 Å². The van der Waals surface area contributed by atoms with Gasteiger partial charge in [-0.25, -0.2) is 0 Å². The average molecular weight is 225 g/mol. The van der Waals surface area contributed by atoms with Crippen LogP contribution in [0, 0.1) is 0 Å². The van der Waals surface area contributed by atoms with Crippen LogP contribution < -0.4 is 11.1 Å². The predicted octanol–water partition coefficient (Wildman–Crippen LogP) is -0.395. The molecule has 0 radical (unpaired) electrons. The molecule has 0 bridgehead atoms. The molecule has 2 aliphatic rings. The van der Waals surface area contributed by atoms with Gasteiger partial charge < -0.3 is 16.0 Å². The van der Waals surface area contributed by atoms with Crippen LogP contribution >= 0.6 is 0 Å². The molecule has 1 heterocycles. The molecule has 5 heteroatoms. The minimum absolute atomic E-state index is 0.0406. The topological polar surface area (TPSA) is 75.4 Å². The number of nitrogens with one attached hydrogen (secondary N) is 1. The summed E-state index contributed by atoms with van der Waals surface area (Å²) in [6.45, 7) is 0.667. The molecule has 1 saturated carbocycles. The molecular weight excluding hydrogens is 206 g/mol. The molecule has 0 aromatic carbocycles. The van der Waals surface area contributed by atoms with Crippen molar-refractivity contribution < 1.29 is 9.59 Å². The van der Waals surface area contributed by atoms with Crippen LogP contribution in [0.1, 0.15) is 32.1 Å². The number of nitrogens with zero attached hydrogens (tertiary/aromatic N) is 1. The zero-order chi connectivity index (χ0) is 11.8. The van der Waals surface area contributed by atoms with Crippen molar-refractivity contribution in [1.29, 1.82) is 0 Å². The number of likely N-dealkylation sites (tertiary alicyclic amines) is 1. The van der Waals surface area contributed by atoms with Gasteiger partial charge in [-0.3, -0.25) is 9.59 Å². The Labute approximate surface area is 95.3 Å². The second-order valence-electron chi connectivity index (χ2n) is 4.70. The van der Waals surface area contributed by atoms with Crippen LogP contribution in [0.3, 0.4) is 0 Å². The molecule has 1 unspecified atom stereocenters. The highest BCUT2D eigenvalue weighted by molar-refractivity contribution is 5.94. The molecule has 2 fully saturated rings. The maximum absolute atomic E-state index is 12.0. The first kappa shape index (κ1) is 11.4. The highest BCUT2D eigenvalue weighted by Crippen LogP contribution is 2.39. The molecule has 5 nitrogen and oxygen atoms in total. The summed E-state index contributed by atoms with van der Waals surface area (Å²) in [4.78, 5) is 25.6. The second-order valence-corrected chi connectivity index (χ2v) is 4.70. The number of piperidine rings is 1. The van der Waals surface area contributed by atoms with E-state index in [0.29, 0.717) is 6.54 Å². The zero-order valence-electron chi connectivity index (χ0n) is 9.66. The van der Waals surface area contributed by atoms with E-state index in [9.17, 15) is 9.59 Å². The standard InChI is InChI=1S/C11H19N3O2/c1-13-10(16)11(5-3-6-11)14-7-2-4-8(12)9(14)15/h8H,2-7,12H2,1H3,(H,13,16). The maximum Gasteiger partial charge on any atom is 0.245 e. The number of carbonyl (C=O) groups excluding carboxylic acids is 2. The van der Waals surface area contributed by atoms with E-state index in [1.807, 2.05) is 0 Å². The van der Waals surface area contributed by atoms with Gasteiger partial charge in [-0.15, -0.1) is 0 Å². The summed E-state index contributed by atoms with van der Waals surface area (Å²) in [6, 6.07) is -0.420. The van der Waals surface area contributed by atoms with Crippen molar-refractivity contribution in [2.45, 2.75) is 43.7 Å². The van der Waals surface area contributed by atoms with Crippen LogP contribution in [-0.4, -0.2) is 41.9 Å². The maximum atomic E-state index is 12.0. The van der Waals surface area contributed by atoms with Gasteiger partial charge in [-0.1, -0.05) is 0 Å². The Kier molecular flexibility index (Phi) is 2.88. The van der Waals surface area contributed by atoms with Crippen LogP contribution in [0.25, 0.3) is 0 Å². The molecule has 0 spiro atoms. The first-order valence-electron chi connectivity index (χ1n) is 5.91. The third-order valence-electron chi connectivity index (χ3n) is 3.83. The van der Waals surface area contributed by atoms with Crippen LogP contribution in [-0.2, 0) is 9.59 Å². The Balaban J connectivity index is 2.20. The Bertz CT molecular complexity index is 312. The molecule has 1 aliphatic heterocycles. The molecule has 16 heavy (non-hydrogen) atoms. The second kappa shape index (κ2) is 4.05. The lowest BCUT2D eigenvalue weighted by atomic mass is 9.73. The van der Waals surface area contributed by atoms with Crippen LogP contribution in [0.5, 0.6) is 0 Å². The van der Waals surface area contributed by atoms with Crippen LogP contribution in [0.2, 0.25) is 0 Å².